The molecule has 2 atom stereocenters. The van der Waals surface area contributed by atoms with Gasteiger partial charge in [0.1, 0.15) is 34.9 Å². The molecule has 164 valence electrons. The second-order valence-electron chi connectivity index (χ2n) is 7.39. The van der Waals surface area contributed by atoms with Gasteiger partial charge in [0, 0.05) is 35.1 Å². The molecule has 0 aromatic heterocycles. The summed E-state index contributed by atoms with van der Waals surface area (Å²) in [5, 5.41) is 0.476. The fourth-order valence-corrected chi connectivity index (χ4v) is 4.35. The number of methoxy groups -OCH3 is 2. The number of halogens is 2. The number of rotatable bonds is 7. The van der Waals surface area contributed by atoms with Crippen LogP contribution >= 0.6 is 11.6 Å². The molecule has 7 heteroatoms. The van der Waals surface area contributed by atoms with Crippen LogP contribution in [0.1, 0.15) is 33.8 Å². The van der Waals surface area contributed by atoms with Gasteiger partial charge in [0.2, 0.25) is 11.4 Å². The number of hydrogen-bond donors (Lipinski definition) is 0. The van der Waals surface area contributed by atoms with E-state index in [2.05, 4.69) is 0 Å². The number of ether oxygens (including phenoxy) is 3. The molecule has 0 radical (unpaired) electrons. The molecule has 0 amide bonds. The number of carbonyl (C=O) groups excluding carboxylic acids is 2. The van der Waals surface area contributed by atoms with E-state index < -0.39 is 23.1 Å². The maximum absolute atomic E-state index is 14.1. The number of carbonyl (C=O) groups is 2. The third kappa shape index (κ3) is 3.50. The minimum atomic E-state index is -1.64. The molecule has 1 heterocycles. The number of Topliss-reactive ketones (excluding diaryl/α,β-unsaturated/α-hetero) is 1. The lowest BCUT2D eigenvalue weighted by atomic mass is 9.72. The van der Waals surface area contributed by atoms with Crippen LogP contribution in [0, 0.1) is 5.82 Å². The van der Waals surface area contributed by atoms with Crippen LogP contribution in [0.4, 0.5) is 4.39 Å². The second-order valence-corrected chi connectivity index (χ2v) is 7.82. The largest absolute Gasteiger partial charge is 0.496 e. The molecule has 0 saturated carbocycles. The van der Waals surface area contributed by atoms with Crippen LogP contribution in [0.5, 0.6) is 17.2 Å². The highest BCUT2D eigenvalue weighted by Gasteiger charge is 2.56. The molecule has 0 spiro atoms. The average molecular weight is 455 g/mol. The standard InChI is InChI=1S/C25H20ClFO5/c1-30-19-13-21(31-2)23-22(14-19)32-25(24(23)29,16-6-8-17(26)9-7-16)20(10-11-28)15-4-3-5-18(27)12-15/h3-9,11-14,20H,10H2,1-2H3/t20-,25+/m1/s1. The maximum atomic E-state index is 14.1. The number of hydrogen-bond acceptors (Lipinski definition) is 5. The number of aldehydes is 1. The first-order valence-electron chi connectivity index (χ1n) is 9.89. The summed E-state index contributed by atoms with van der Waals surface area (Å²) in [4.78, 5) is 25.8. The van der Waals surface area contributed by atoms with Gasteiger partial charge in [-0.05, 0) is 29.8 Å². The summed E-state index contributed by atoms with van der Waals surface area (Å²) >= 11 is 6.09. The Morgan fingerprint density at radius 2 is 1.84 bits per heavy atom. The normalized spacial score (nSPS) is 17.9. The van der Waals surface area contributed by atoms with Crippen molar-refractivity contribution in [1.82, 2.24) is 0 Å². The van der Waals surface area contributed by atoms with Gasteiger partial charge < -0.3 is 19.0 Å². The van der Waals surface area contributed by atoms with E-state index in [0.717, 1.165) is 0 Å². The predicted molar refractivity (Wildman–Crippen MR) is 117 cm³/mol. The van der Waals surface area contributed by atoms with Crippen LogP contribution in [0.2, 0.25) is 5.02 Å². The average Bonchev–Trinajstić information content (AvgIpc) is 3.10. The summed E-state index contributed by atoms with van der Waals surface area (Å²) in [6, 6.07) is 15.6. The summed E-state index contributed by atoms with van der Waals surface area (Å²) in [6.07, 6.45) is 0.621. The smallest absolute Gasteiger partial charge is 0.219 e. The first-order chi connectivity index (χ1) is 15.4. The van der Waals surface area contributed by atoms with E-state index in [9.17, 15) is 14.0 Å². The van der Waals surface area contributed by atoms with Gasteiger partial charge in [0.05, 0.1) is 14.2 Å². The molecule has 1 aliphatic heterocycles. The molecule has 3 aromatic rings. The van der Waals surface area contributed by atoms with E-state index in [0.29, 0.717) is 28.2 Å². The third-order valence-corrected chi connectivity index (χ3v) is 5.93. The summed E-state index contributed by atoms with van der Waals surface area (Å²) in [5.41, 5.74) is -0.462. The summed E-state index contributed by atoms with van der Waals surface area (Å²) < 4.78 is 31.3. The van der Waals surface area contributed by atoms with Crippen molar-refractivity contribution in [3.05, 3.63) is 88.2 Å². The first-order valence-corrected chi connectivity index (χ1v) is 10.3. The van der Waals surface area contributed by atoms with E-state index >= 15 is 0 Å². The molecule has 32 heavy (non-hydrogen) atoms. The first kappa shape index (κ1) is 21.8. The molecule has 0 N–H and O–H groups in total. The molecule has 0 unspecified atom stereocenters. The lowest BCUT2D eigenvalue weighted by Crippen LogP contribution is -2.43. The van der Waals surface area contributed by atoms with Crippen LogP contribution < -0.4 is 14.2 Å². The molecular weight excluding hydrogens is 435 g/mol. The molecule has 0 aliphatic carbocycles. The minimum absolute atomic E-state index is 0.0781. The van der Waals surface area contributed by atoms with Crippen molar-refractivity contribution in [2.24, 2.45) is 0 Å². The Morgan fingerprint density at radius 1 is 1.09 bits per heavy atom. The quantitative estimate of drug-likeness (QED) is 0.451. The van der Waals surface area contributed by atoms with Crippen molar-refractivity contribution in [3.8, 4) is 17.2 Å². The Hall–Kier alpha value is -3.38. The minimum Gasteiger partial charge on any atom is -0.496 e. The van der Waals surface area contributed by atoms with Gasteiger partial charge >= 0.3 is 0 Å². The lowest BCUT2D eigenvalue weighted by Gasteiger charge is -2.35. The Bertz CT molecular complexity index is 1180. The predicted octanol–water partition coefficient (Wildman–Crippen LogP) is 5.34. The van der Waals surface area contributed by atoms with E-state index in [4.69, 9.17) is 25.8 Å². The maximum Gasteiger partial charge on any atom is 0.219 e. The zero-order valence-corrected chi connectivity index (χ0v) is 18.2. The SMILES string of the molecule is COc1cc(OC)c2c(c1)O[C@@](c1ccc(Cl)cc1)([C@H](CC=O)c1cccc(F)c1)C2=O. The molecule has 5 nitrogen and oxygen atoms in total. The van der Waals surface area contributed by atoms with Crippen molar-refractivity contribution >= 4 is 23.7 Å². The Balaban J connectivity index is 2.00. The van der Waals surface area contributed by atoms with Crippen LogP contribution in [0.25, 0.3) is 0 Å². The number of benzene rings is 3. The van der Waals surface area contributed by atoms with Crippen molar-refractivity contribution in [2.45, 2.75) is 17.9 Å². The van der Waals surface area contributed by atoms with Gasteiger partial charge in [-0.3, -0.25) is 4.79 Å². The van der Waals surface area contributed by atoms with Crippen LogP contribution in [0.3, 0.4) is 0 Å². The second kappa shape index (κ2) is 8.63. The molecule has 0 fully saturated rings. The Kier molecular flexibility index (Phi) is 5.89. The van der Waals surface area contributed by atoms with E-state index in [1.54, 1.807) is 42.5 Å². The van der Waals surface area contributed by atoms with Crippen molar-refractivity contribution in [1.29, 1.82) is 0 Å². The van der Waals surface area contributed by atoms with Crippen molar-refractivity contribution in [2.75, 3.05) is 14.2 Å². The zero-order valence-electron chi connectivity index (χ0n) is 17.4. The summed E-state index contributed by atoms with van der Waals surface area (Å²) in [5.74, 6) is -0.708. The van der Waals surface area contributed by atoms with E-state index in [1.165, 1.54) is 32.4 Å². The van der Waals surface area contributed by atoms with Crippen LogP contribution in [-0.4, -0.2) is 26.3 Å². The molecule has 4 rings (SSSR count). The Labute approximate surface area is 189 Å². The summed E-state index contributed by atoms with van der Waals surface area (Å²) in [7, 11) is 2.94. The third-order valence-electron chi connectivity index (χ3n) is 5.68. The highest BCUT2D eigenvalue weighted by Crippen LogP contribution is 2.53. The fourth-order valence-electron chi connectivity index (χ4n) is 4.23. The molecular formula is C25H20ClFO5. The van der Waals surface area contributed by atoms with E-state index in [-0.39, 0.29) is 23.5 Å². The zero-order chi connectivity index (χ0) is 22.9. The topological polar surface area (TPSA) is 61.8 Å². The molecule has 3 aromatic carbocycles. The lowest BCUT2D eigenvalue weighted by molar-refractivity contribution is -0.109. The molecule has 0 bridgehead atoms. The van der Waals surface area contributed by atoms with Crippen molar-refractivity contribution < 1.29 is 28.2 Å². The fraction of sp³-hybridized carbons (Fsp3) is 0.200. The van der Waals surface area contributed by atoms with Gasteiger partial charge in [0.25, 0.3) is 0 Å². The highest BCUT2D eigenvalue weighted by atomic mass is 35.5. The van der Waals surface area contributed by atoms with Gasteiger partial charge in [-0.2, -0.15) is 0 Å². The van der Waals surface area contributed by atoms with E-state index in [1.807, 2.05) is 0 Å². The van der Waals surface area contributed by atoms with Crippen LogP contribution in [-0.2, 0) is 10.4 Å². The monoisotopic (exact) mass is 454 g/mol. The van der Waals surface area contributed by atoms with Gasteiger partial charge in [-0.25, -0.2) is 4.39 Å². The van der Waals surface area contributed by atoms with Crippen molar-refractivity contribution in [3.63, 3.8) is 0 Å². The Morgan fingerprint density at radius 3 is 2.47 bits per heavy atom. The molecule has 0 saturated heterocycles. The number of fused-ring (bicyclic) bond motifs is 1. The van der Waals surface area contributed by atoms with Gasteiger partial charge in [0.15, 0.2) is 0 Å². The highest BCUT2D eigenvalue weighted by molar-refractivity contribution is 6.30. The summed E-state index contributed by atoms with van der Waals surface area (Å²) in [6.45, 7) is 0. The van der Waals surface area contributed by atoms with Gasteiger partial charge in [-0.15, -0.1) is 0 Å². The van der Waals surface area contributed by atoms with Crippen LogP contribution in [0.15, 0.2) is 60.7 Å². The molecule has 1 aliphatic rings. The number of ketones is 1. The van der Waals surface area contributed by atoms with Gasteiger partial charge in [-0.1, -0.05) is 35.9 Å².